The summed E-state index contributed by atoms with van der Waals surface area (Å²) < 4.78 is 42.2. The van der Waals surface area contributed by atoms with Crippen LogP contribution in [0.25, 0.3) is 0 Å². The average Bonchev–Trinajstić information content (AvgIpc) is 2.40. The van der Waals surface area contributed by atoms with E-state index < -0.39 is 15.7 Å². The topological polar surface area (TPSA) is 69.4 Å². The first-order valence-electron chi connectivity index (χ1n) is 6.31. The molecule has 0 aliphatic carbocycles. The molecule has 0 unspecified atom stereocenters. The van der Waals surface area contributed by atoms with Crippen LogP contribution in [-0.4, -0.2) is 14.7 Å². The molecule has 2 aromatic rings. The molecule has 21 heavy (non-hydrogen) atoms. The van der Waals surface area contributed by atoms with E-state index in [-0.39, 0.29) is 16.7 Å². The fourth-order valence-corrected chi connectivity index (χ4v) is 2.49. The van der Waals surface area contributed by atoms with E-state index in [1.807, 2.05) is 0 Å². The Balaban J connectivity index is 2.35. The number of hydrogen-bond donors (Lipinski definition) is 1. The third kappa shape index (κ3) is 3.59. The Morgan fingerprint density at radius 1 is 1.14 bits per heavy atom. The lowest BCUT2D eigenvalue weighted by Gasteiger charge is -2.14. The first kappa shape index (κ1) is 15.5. The van der Waals surface area contributed by atoms with Crippen LogP contribution in [0, 0.1) is 5.82 Å². The molecule has 0 aliphatic heterocycles. The maximum atomic E-state index is 13.9. The molecule has 0 radical (unpaired) electrons. The van der Waals surface area contributed by atoms with Crippen molar-refractivity contribution < 1.29 is 17.5 Å². The van der Waals surface area contributed by atoms with Crippen molar-refractivity contribution in [2.75, 3.05) is 6.26 Å². The number of sulfone groups is 1. The molecule has 6 heteroatoms. The summed E-state index contributed by atoms with van der Waals surface area (Å²) in [5.74, 6) is -0.119. The van der Waals surface area contributed by atoms with Crippen molar-refractivity contribution in [3.05, 3.63) is 53.8 Å². The summed E-state index contributed by atoms with van der Waals surface area (Å²) in [6, 6.07) is 9.94. The first-order chi connectivity index (χ1) is 9.79. The van der Waals surface area contributed by atoms with Crippen molar-refractivity contribution in [1.29, 1.82) is 0 Å². The van der Waals surface area contributed by atoms with Crippen molar-refractivity contribution in [3.63, 3.8) is 0 Å². The van der Waals surface area contributed by atoms with Crippen molar-refractivity contribution in [2.45, 2.75) is 17.9 Å². The average molecular weight is 309 g/mol. The molecule has 0 aromatic heterocycles. The molecule has 2 N–H and O–H groups in total. The Bertz CT molecular complexity index is 740. The highest BCUT2D eigenvalue weighted by atomic mass is 32.2. The van der Waals surface area contributed by atoms with Gasteiger partial charge in [0.15, 0.2) is 21.4 Å². The lowest BCUT2D eigenvalue weighted by molar-refractivity contribution is 0.432. The lowest BCUT2D eigenvalue weighted by Crippen LogP contribution is -2.07. The number of ether oxygens (including phenoxy) is 1. The van der Waals surface area contributed by atoms with Gasteiger partial charge in [0.2, 0.25) is 0 Å². The normalized spacial score (nSPS) is 13.0. The molecular formula is C15H16FNO3S. The number of para-hydroxylation sites is 1. The third-order valence-corrected chi connectivity index (χ3v) is 4.09. The molecule has 2 rings (SSSR count). The van der Waals surface area contributed by atoms with Gasteiger partial charge in [0, 0.05) is 17.9 Å². The smallest absolute Gasteiger partial charge is 0.175 e. The van der Waals surface area contributed by atoms with Crippen LogP contribution in [0.1, 0.15) is 18.5 Å². The zero-order chi connectivity index (χ0) is 15.6. The summed E-state index contributed by atoms with van der Waals surface area (Å²) in [6.45, 7) is 1.73. The fourth-order valence-electron chi connectivity index (χ4n) is 1.86. The number of halogens is 1. The van der Waals surface area contributed by atoms with Crippen LogP contribution in [0.5, 0.6) is 11.5 Å². The van der Waals surface area contributed by atoms with Crippen LogP contribution in [0.3, 0.4) is 0 Å². The van der Waals surface area contributed by atoms with Gasteiger partial charge in [-0.05, 0) is 37.3 Å². The minimum absolute atomic E-state index is 0.0552. The highest BCUT2D eigenvalue weighted by Gasteiger charge is 2.14. The molecule has 112 valence electrons. The van der Waals surface area contributed by atoms with Gasteiger partial charge in [0.1, 0.15) is 5.75 Å². The summed E-state index contributed by atoms with van der Waals surface area (Å²) in [6.07, 6.45) is 1.12. The summed E-state index contributed by atoms with van der Waals surface area (Å²) >= 11 is 0. The second-order valence-corrected chi connectivity index (χ2v) is 6.81. The van der Waals surface area contributed by atoms with E-state index >= 15 is 0 Å². The molecule has 0 saturated heterocycles. The number of hydrogen-bond acceptors (Lipinski definition) is 4. The first-order valence-corrected chi connectivity index (χ1v) is 8.20. The Labute approximate surface area is 123 Å². The number of nitrogens with two attached hydrogens (primary N) is 1. The SMILES string of the molecule is C[C@H](N)c1cccc(F)c1Oc1ccc(S(C)(=O)=O)cc1. The molecule has 4 nitrogen and oxygen atoms in total. The molecule has 0 fully saturated rings. The van der Waals surface area contributed by atoms with E-state index in [4.69, 9.17) is 10.5 Å². The van der Waals surface area contributed by atoms with Crippen LogP contribution < -0.4 is 10.5 Å². The van der Waals surface area contributed by atoms with Gasteiger partial charge in [-0.3, -0.25) is 0 Å². The van der Waals surface area contributed by atoms with Gasteiger partial charge in [-0.25, -0.2) is 12.8 Å². The molecule has 1 atom stereocenters. The zero-order valence-electron chi connectivity index (χ0n) is 11.7. The van der Waals surface area contributed by atoms with Gasteiger partial charge in [0.05, 0.1) is 4.90 Å². The van der Waals surface area contributed by atoms with Crippen molar-refractivity contribution in [3.8, 4) is 11.5 Å². The molecule has 0 bridgehead atoms. The van der Waals surface area contributed by atoms with Crippen LogP contribution in [0.2, 0.25) is 0 Å². The van der Waals surface area contributed by atoms with Gasteiger partial charge in [-0.1, -0.05) is 12.1 Å². The molecule has 0 amide bonds. The maximum Gasteiger partial charge on any atom is 0.175 e. The second kappa shape index (κ2) is 5.83. The quantitative estimate of drug-likeness (QED) is 0.942. The van der Waals surface area contributed by atoms with Crippen molar-refractivity contribution in [1.82, 2.24) is 0 Å². The predicted molar refractivity (Wildman–Crippen MR) is 78.6 cm³/mol. The van der Waals surface area contributed by atoms with E-state index in [1.165, 1.54) is 30.3 Å². The monoisotopic (exact) mass is 309 g/mol. The summed E-state index contributed by atoms with van der Waals surface area (Å²) in [7, 11) is -3.27. The number of benzene rings is 2. The van der Waals surface area contributed by atoms with Gasteiger partial charge in [-0.15, -0.1) is 0 Å². The zero-order valence-corrected chi connectivity index (χ0v) is 12.5. The van der Waals surface area contributed by atoms with Crippen LogP contribution in [0.15, 0.2) is 47.4 Å². The highest BCUT2D eigenvalue weighted by molar-refractivity contribution is 7.90. The Hall–Kier alpha value is -1.92. The molecule has 0 heterocycles. The second-order valence-electron chi connectivity index (χ2n) is 4.79. The van der Waals surface area contributed by atoms with E-state index in [0.717, 1.165) is 6.26 Å². The van der Waals surface area contributed by atoms with E-state index in [1.54, 1.807) is 19.1 Å². The van der Waals surface area contributed by atoms with Gasteiger partial charge in [-0.2, -0.15) is 0 Å². The van der Waals surface area contributed by atoms with Crippen molar-refractivity contribution >= 4 is 9.84 Å². The fraction of sp³-hybridized carbons (Fsp3) is 0.200. The largest absolute Gasteiger partial charge is 0.454 e. The molecule has 2 aromatic carbocycles. The number of rotatable bonds is 4. The Kier molecular flexibility index (Phi) is 4.29. The Morgan fingerprint density at radius 2 is 1.76 bits per heavy atom. The lowest BCUT2D eigenvalue weighted by atomic mass is 10.1. The standard InChI is InChI=1S/C15H16FNO3S/c1-10(17)13-4-3-5-14(16)15(13)20-11-6-8-12(9-7-11)21(2,18)19/h3-10H,17H2,1-2H3/t10-/m0/s1. The van der Waals surface area contributed by atoms with Gasteiger partial charge in [0.25, 0.3) is 0 Å². The third-order valence-electron chi connectivity index (χ3n) is 2.96. The molecule has 0 saturated carbocycles. The Morgan fingerprint density at radius 3 is 2.29 bits per heavy atom. The van der Waals surface area contributed by atoms with E-state index in [9.17, 15) is 12.8 Å². The molecule has 0 spiro atoms. The van der Waals surface area contributed by atoms with Gasteiger partial charge >= 0.3 is 0 Å². The molecule has 0 aliphatic rings. The van der Waals surface area contributed by atoms with Gasteiger partial charge < -0.3 is 10.5 Å². The summed E-state index contributed by atoms with van der Waals surface area (Å²) in [4.78, 5) is 0.177. The summed E-state index contributed by atoms with van der Waals surface area (Å²) in [5.41, 5.74) is 6.34. The maximum absolute atomic E-state index is 13.9. The predicted octanol–water partition coefficient (Wildman–Crippen LogP) is 3.04. The van der Waals surface area contributed by atoms with Crippen molar-refractivity contribution in [2.24, 2.45) is 5.73 Å². The van der Waals surface area contributed by atoms with Crippen LogP contribution in [0.4, 0.5) is 4.39 Å². The van der Waals surface area contributed by atoms with E-state index in [2.05, 4.69) is 0 Å². The minimum Gasteiger partial charge on any atom is -0.454 e. The van der Waals surface area contributed by atoms with E-state index in [0.29, 0.717) is 11.3 Å². The highest BCUT2D eigenvalue weighted by Crippen LogP contribution is 2.31. The molecular weight excluding hydrogens is 293 g/mol. The van der Waals surface area contributed by atoms with Crippen LogP contribution in [-0.2, 0) is 9.84 Å². The summed E-state index contributed by atoms with van der Waals surface area (Å²) in [5, 5.41) is 0. The van der Waals surface area contributed by atoms with Crippen LogP contribution >= 0.6 is 0 Å². The minimum atomic E-state index is -3.27.